The molecule has 0 spiro atoms. The Balaban J connectivity index is 1.95. The fourth-order valence-corrected chi connectivity index (χ4v) is 2.43. The van der Waals surface area contributed by atoms with E-state index in [9.17, 15) is 9.59 Å². The Morgan fingerprint density at radius 3 is 2.30 bits per heavy atom. The number of hydrogen-bond acceptors (Lipinski definition) is 4. The average molecular weight is 320 g/mol. The van der Waals surface area contributed by atoms with E-state index in [0.29, 0.717) is 37.4 Å². The van der Waals surface area contributed by atoms with E-state index in [1.165, 1.54) is 0 Å². The van der Waals surface area contributed by atoms with Gasteiger partial charge >= 0.3 is 0 Å². The van der Waals surface area contributed by atoms with Gasteiger partial charge in [-0.3, -0.25) is 9.59 Å². The Bertz CT molecular complexity index is 582. The summed E-state index contributed by atoms with van der Waals surface area (Å²) in [5.41, 5.74) is 0.0203. The standard InChI is InChI=1S/C17H24N2O4/c1-4-9-18-15(20)17(7-8-17)16(21)19-11-12-5-6-13(22-2)14(10-12)23-3/h5-6,10H,4,7-9,11H2,1-3H3,(H,18,20)(H,19,21). The average Bonchev–Trinajstić information content (AvgIpc) is 3.39. The summed E-state index contributed by atoms with van der Waals surface area (Å²) in [4.78, 5) is 24.5. The zero-order valence-electron chi connectivity index (χ0n) is 13.9. The fourth-order valence-electron chi connectivity index (χ4n) is 2.43. The quantitative estimate of drug-likeness (QED) is 0.714. The van der Waals surface area contributed by atoms with E-state index in [1.807, 2.05) is 19.1 Å². The molecule has 6 heteroatoms. The minimum absolute atomic E-state index is 0.163. The van der Waals surface area contributed by atoms with Crippen LogP contribution in [0.25, 0.3) is 0 Å². The lowest BCUT2D eigenvalue weighted by molar-refractivity contribution is -0.137. The van der Waals surface area contributed by atoms with E-state index in [4.69, 9.17) is 9.47 Å². The highest BCUT2D eigenvalue weighted by molar-refractivity contribution is 6.07. The molecule has 23 heavy (non-hydrogen) atoms. The first-order valence-electron chi connectivity index (χ1n) is 7.85. The van der Waals surface area contributed by atoms with Gasteiger partial charge in [-0.05, 0) is 37.0 Å². The van der Waals surface area contributed by atoms with E-state index in [-0.39, 0.29) is 11.8 Å². The lowest BCUT2D eigenvalue weighted by Crippen LogP contribution is -2.43. The van der Waals surface area contributed by atoms with Gasteiger partial charge in [0.2, 0.25) is 11.8 Å². The van der Waals surface area contributed by atoms with Gasteiger partial charge < -0.3 is 20.1 Å². The van der Waals surface area contributed by atoms with Crippen LogP contribution in [-0.4, -0.2) is 32.6 Å². The second kappa shape index (κ2) is 7.35. The molecule has 2 amide bonds. The van der Waals surface area contributed by atoms with E-state index in [0.717, 1.165) is 12.0 Å². The Morgan fingerprint density at radius 1 is 1.09 bits per heavy atom. The lowest BCUT2D eigenvalue weighted by atomic mass is 10.0. The second-order valence-corrected chi connectivity index (χ2v) is 5.71. The summed E-state index contributed by atoms with van der Waals surface area (Å²) in [6, 6.07) is 5.47. The van der Waals surface area contributed by atoms with Crippen LogP contribution < -0.4 is 20.1 Å². The number of carbonyl (C=O) groups excluding carboxylic acids is 2. The normalized spacial score (nSPS) is 14.7. The zero-order valence-corrected chi connectivity index (χ0v) is 13.9. The molecule has 0 saturated heterocycles. The maximum atomic E-state index is 12.4. The predicted octanol–water partition coefficient (Wildman–Crippen LogP) is 1.63. The van der Waals surface area contributed by atoms with Gasteiger partial charge in [-0.1, -0.05) is 13.0 Å². The zero-order chi connectivity index (χ0) is 16.9. The van der Waals surface area contributed by atoms with Crippen LogP contribution in [0.2, 0.25) is 0 Å². The van der Waals surface area contributed by atoms with E-state index >= 15 is 0 Å². The molecular weight excluding hydrogens is 296 g/mol. The first-order chi connectivity index (χ1) is 11.1. The smallest absolute Gasteiger partial charge is 0.235 e. The third kappa shape index (κ3) is 3.75. The number of rotatable bonds is 8. The molecule has 1 aliphatic rings. The molecule has 1 aromatic carbocycles. The van der Waals surface area contributed by atoms with Crippen LogP contribution in [0.4, 0.5) is 0 Å². The highest BCUT2D eigenvalue weighted by Crippen LogP contribution is 2.46. The Labute approximate surface area is 136 Å². The molecule has 0 bridgehead atoms. The molecule has 2 N–H and O–H groups in total. The van der Waals surface area contributed by atoms with Crippen LogP contribution in [0.3, 0.4) is 0 Å². The monoisotopic (exact) mass is 320 g/mol. The Morgan fingerprint density at radius 2 is 1.74 bits per heavy atom. The fraction of sp³-hybridized carbons (Fsp3) is 0.529. The first kappa shape index (κ1) is 17.1. The number of hydrogen-bond donors (Lipinski definition) is 2. The predicted molar refractivity (Wildman–Crippen MR) is 86.4 cm³/mol. The second-order valence-electron chi connectivity index (χ2n) is 5.71. The molecule has 1 saturated carbocycles. The van der Waals surface area contributed by atoms with E-state index in [1.54, 1.807) is 20.3 Å². The molecule has 1 aromatic rings. The molecule has 0 aliphatic heterocycles. The summed E-state index contributed by atoms with van der Waals surface area (Å²) in [6.45, 7) is 2.93. The molecule has 1 fully saturated rings. The van der Waals surface area contributed by atoms with Crippen molar-refractivity contribution >= 4 is 11.8 Å². The SMILES string of the molecule is CCCNC(=O)C1(C(=O)NCc2ccc(OC)c(OC)c2)CC1. The Hall–Kier alpha value is -2.24. The number of nitrogens with one attached hydrogen (secondary N) is 2. The topological polar surface area (TPSA) is 76.7 Å². The van der Waals surface area contributed by atoms with Gasteiger partial charge in [0.1, 0.15) is 5.41 Å². The molecule has 0 aromatic heterocycles. The summed E-state index contributed by atoms with van der Waals surface area (Å²) in [7, 11) is 3.14. The van der Waals surface area contributed by atoms with Crippen molar-refractivity contribution in [3.8, 4) is 11.5 Å². The van der Waals surface area contributed by atoms with Crippen LogP contribution in [-0.2, 0) is 16.1 Å². The molecule has 0 atom stereocenters. The van der Waals surface area contributed by atoms with Gasteiger partial charge in [-0.15, -0.1) is 0 Å². The van der Waals surface area contributed by atoms with Gasteiger partial charge in [-0.25, -0.2) is 0 Å². The number of benzene rings is 1. The van der Waals surface area contributed by atoms with E-state index < -0.39 is 5.41 Å². The van der Waals surface area contributed by atoms with Crippen molar-refractivity contribution in [1.82, 2.24) is 10.6 Å². The van der Waals surface area contributed by atoms with Gasteiger partial charge in [0.25, 0.3) is 0 Å². The largest absolute Gasteiger partial charge is 0.493 e. The first-order valence-corrected chi connectivity index (χ1v) is 7.85. The molecule has 126 valence electrons. The molecule has 2 rings (SSSR count). The van der Waals surface area contributed by atoms with Gasteiger partial charge in [-0.2, -0.15) is 0 Å². The third-order valence-corrected chi connectivity index (χ3v) is 4.06. The molecule has 0 unspecified atom stereocenters. The van der Waals surface area contributed by atoms with Gasteiger partial charge in [0.15, 0.2) is 11.5 Å². The van der Waals surface area contributed by atoms with Crippen molar-refractivity contribution in [1.29, 1.82) is 0 Å². The van der Waals surface area contributed by atoms with Crippen molar-refractivity contribution in [2.45, 2.75) is 32.7 Å². The highest BCUT2D eigenvalue weighted by atomic mass is 16.5. The lowest BCUT2D eigenvalue weighted by Gasteiger charge is -2.15. The Kier molecular flexibility index (Phi) is 5.47. The van der Waals surface area contributed by atoms with Crippen molar-refractivity contribution < 1.29 is 19.1 Å². The number of carbonyl (C=O) groups is 2. The van der Waals surface area contributed by atoms with Crippen molar-refractivity contribution in [2.24, 2.45) is 5.41 Å². The van der Waals surface area contributed by atoms with Crippen LogP contribution in [0, 0.1) is 5.41 Å². The molecule has 6 nitrogen and oxygen atoms in total. The summed E-state index contributed by atoms with van der Waals surface area (Å²) < 4.78 is 10.4. The van der Waals surface area contributed by atoms with Gasteiger partial charge in [0.05, 0.1) is 14.2 Å². The van der Waals surface area contributed by atoms with E-state index in [2.05, 4.69) is 10.6 Å². The summed E-state index contributed by atoms with van der Waals surface area (Å²) in [6.07, 6.45) is 2.08. The summed E-state index contributed by atoms with van der Waals surface area (Å²) >= 11 is 0. The maximum absolute atomic E-state index is 12.4. The summed E-state index contributed by atoms with van der Waals surface area (Å²) in [5.74, 6) is 0.881. The third-order valence-electron chi connectivity index (χ3n) is 4.06. The minimum atomic E-state index is -0.869. The minimum Gasteiger partial charge on any atom is -0.493 e. The molecular formula is C17H24N2O4. The summed E-state index contributed by atoms with van der Waals surface area (Å²) in [5, 5.41) is 5.66. The van der Waals surface area contributed by atoms with Crippen molar-refractivity contribution in [3.63, 3.8) is 0 Å². The highest BCUT2D eigenvalue weighted by Gasteiger charge is 2.56. The molecule has 0 radical (unpaired) electrons. The molecule has 0 heterocycles. The number of methoxy groups -OCH3 is 2. The van der Waals surface area contributed by atoms with Crippen LogP contribution >= 0.6 is 0 Å². The van der Waals surface area contributed by atoms with Crippen molar-refractivity contribution in [2.75, 3.05) is 20.8 Å². The van der Waals surface area contributed by atoms with Crippen LogP contribution in [0.1, 0.15) is 31.7 Å². The number of amides is 2. The molecule has 1 aliphatic carbocycles. The van der Waals surface area contributed by atoms with Crippen molar-refractivity contribution in [3.05, 3.63) is 23.8 Å². The maximum Gasteiger partial charge on any atom is 0.235 e. The van der Waals surface area contributed by atoms with Gasteiger partial charge in [0, 0.05) is 13.1 Å². The number of ether oxygens (including phenoxy) is 2. The van der Waals surface area contributed by atoms with Crippen LogP contribution in [0.15, 0.2) is 18.2 Å². The van der Waals surface area contributed by atoms with Crippen LogP contribution in [0.5, 0.6) is 11.5 Å².